The number of benzene rings is 1. The van der Waals surface area contributed by atoms with Crippen molar-refractivity contribution in [2.45, 2.75) is 38.8 Å². The maximum Gasteiger partial charge on any atom is 0.343 e. The van der Waals surface area contributed by atoms with E-state index in [1.54, 1.807) is 11.6 Å². The first-order valence-corrected chi connectivity index (χ1v) is 8.91. The van der Waals surface area contributed by atoms with Crippen molar-refractivity contribution in [3.8, 4) is 0 Å². The summed E-state index contributed by atoms with van der Waals surface area (Å²) in [7, 11) is 0. The van der Waals surface area contributed by atoms with E-state index < -0.39 is 5.97 Å². The molecule has 2 aromatic rings. The third-order valence-electron chi connectivity index (χ3n) is 5.00. The quantitative estimate of drug-likeness (QED) is 0.846. The molecule has 2 N–H and O–H groups in total. The van der Waals surface area contributed by atoms with E-state index in [0.29, 0.717) is 24.0 Å². The molecule has 1 aliphatic rings. The molecule has 25 heavy (non-hydrogen) atoms. The van der Waals surface area contributed by atoms with E-state index in [4.69, 9.17) is 10.5 Å². The van der Waals surface area contributed by atoms with Gasteiger partial charge in [-0.3, -0.25) is 4.90 Å². The summed E-state index contributed by atoms with van der Waals surface area (Å²) in [4.78, 5) is 14.4. The van der Waals surface area contributed by atoms with Crippen LogP contribution in [0.2, 0.25) is 0 Å². The van der Waals surface area contributed by atoms with Gasteiger partial charge in [0.25, 0.3) is 0 Å². The van der Waals surface area contributed by atoms with Gasteiger partial charge in [0.15, 0.2) is 0 Å². The highest BCUT2D eigenvalue weighted by molar-refractivity contribution is 5.94. The number of nitrogens with two attached hydrogens (primary N) is 1. The Morgan fingerprint density at radius 2 is 2.00 bits per heavy atom. The van der Waals surface area contributed by atoms with Crippen LogP contribution in [0.3, 0.4) is 0 Å². The second-order valence-electron chi connectivity index (χ2n) is 6.46. The van der Waals surface area contributed by atoms with E-state index in [1.807, 2.05) is 6.07 Å². The lowest BCUT2D eigenvalue weighted by Gasteiger charge is -2.36. The summed E-state index contributed by atoms with van der Waals surface area (Å²) < 4.78 is 6.81. The van der Waals surface area contributed by atoms with Crippen LogP contribution in [0.15, 0.2) is 36.5 Å². The van der Waals surface area contributed by atoms with E-state index in [1.165, 1.54) is 11.8 Å². The molecular formula is C19H26N4O2. The molecule has 6 heteroatoms. The van der Waals surface area contributed by atoms with Crippen molar-refractivity contribution in [3.63, 3.8) is 0 Å². The summed E-state index contributed by atoms with van der Waals surface area (Å²) in [5.74, 6) is 0.00870. The number of hydrogen-bond acceptors (Lipinski definition) is 5. The van der Waals surface area contributed by atoms with Crippen LogP contribution < -0.4 is 5.73 Å². The molecule has 3 rings (SSSR count). The normalized spacial score (nSPS) is 17.4. The second-order valence-corrected chi connectivity index (χ2v) is 6.46. The number of piperidine rings is 1. The second kappa shape index (κ2) is 7.70. The van der Waals surface area contributed by atoms with Crippen LogP contribution in [-0.2, 0) is 4.74 Å². The first-order chi connectivity index (χ1) is 12.1. The molecule has 0 saturated carbocycles. The molecule has 6 nitrogen and oxygen atoms in total. The standard InChI is InChI=1S/C19H26N4O2/c1-3-25-19(24)17-13-21-23(18(17)20)16-9-11-22(12-10-16)14(2)15-7-5-4-6-8-15/h4-8,13-14,16H,3,9-12,20H2,1-2H3. The zero-order valence-electron chi connectivity index (χ0n) is 14.9. The van der Waals surface area contributed by atoms with Gasteiger partial charge in [-0.15, -0.1) is 0 Å². The largest absolute Gasteiger partial charge is 0.462 e. The summed E-state index contributed by atoms with van der Waals surface area (Å²) in [6, 6.07) is 11.2. The van der Waals surface area contributed by atoms with Gasteiger partial charge in [0, 0.05) is 19.1 Å². The average molecular weight is 342 g/mol. The van der Waals surface area contributed by atoms with E-state index in [9.17, 15) is 4.79 Å². The Balaban J connectivity index is 1.64. The lowest BCUT2D eigenvalue weighted by atomic mass is 10.0. The van der Waals surface area contributed by atoms with E-state index in [2.05, 4.69) is 41.2 Å². The van der Waals surface area contributed by atoms with E-state index >= 15 is 0 Å². The molecule has 0 bridgehead atoms. The van der Waals surface area contributed by atoms with Crippen LogP contribution in [-0.4, -0.2) is 40.3 Å². The Hall–Kier alpha value is -2.34. The highest BCUT2D eigenvalue weighted by Crippen LogP contribution is 2.30. The van der Waals surface area contributed by atoms with Crippen molar-refractivity contribution in [3.05, 3.63) is 47.7 Å². The lowest BCUT2D eigenvalue weighted by molar-refractivity contribution is 0.0527. The maximum absolute atomic E-state index is 11.9. The van der Waals surface area contributed by atoms with Gasteiger partial charge < -0.3 is 10.5 Å². The molecule has 1 aliphatic heterocycles. The number of esters is 1. The maximum atomic E-state index is 11.9. The first kappa shape index (κ1) is 17.5. The van der Waals surface area contributed by atoms with Gasteiger partial charge in [-0.1, -0.05) is 30.3 Å². The van der Waals surface area contributed by atoms with Crippen molar-refractivity contribution in [1.29, 1.82) is 0 Å². The predicted octanol–water partition coefficient (Wildman–Crippen LogP) is 3.04. The third-order valence-corrected chi connectivity index (χ3v) is 5.00. The van der Waals surface area contributed by atoms with Crippen molar-refractivity contribution < 1.29 is 9.53 Å². The molecule has 1 unspecified atom stereocenters. The van der Waals surface area contributed by atoms with Crippen molar-refractivity contribution >= 4 is 11.8 Å². The monoisotopic (exact) mass is 342 g/mol. The van der Waals surface area contributed by atoms with Crippen LogP contribution in [0.4, 0.5) is 5.82 Å². The molecule has 0 spiro atoms. The number of nitrogens with zero attached hydrogens (tertiary/aromatic N) is 3. The highest BCUT2D eigenvalue weighted by Gasteiger charge is 2.27. The smallest absolute Gasteiger partial charge is 0.343 e. The summed E-state index contributed by atoms with van der Waals surface area (Å²) in [5, 5.41) is 4.34. The number of ether oxygens (including phenoxy) is 1. The first-order valence-electron chi connectivity index (χ1n) is 8.91. The van der Waals surface area contributed by atoms with Gasteiger partial charge in [0.2, 0.25) is 0 Å². The zero-order chi connectivity index (χ0) is 17.8. The van der Waals surface area contributed by atoms with Gasteiger partial charge in [-0.05, 0) is 32.3 Å². The van der Waals surface area contributed by atoms with Crippen LogP contribution in [0.1, 0.15) is 54.7 Å². The minimum Gasteiger partial charge on any atom is -0.462 e. The Morgan fingerprint density at radius 1 is 1.32 bits per heavy atom. The number of likely N-dealkylation sites (tertiary alicyclic amines) is 1. The number of rotatable bonds is 5. The molecule has 0 radical (unpaired) electrons. The Morgan fingerprint density at radius 3 is 2.64 bits per heavy atom. The third kappa shape index (κ3) is 3.69. The number of carbonyl (C=O) groups is 1. The van der Waals surface area contributed by atoms with Crippen molar-refractivity contribution in [1.82, 2.24) is 14.7 Å². The van der Waals surface area contributed by atoms with Crippen molar-refractivity contribution in [2.75, 3.05) is 25.4 Å². The lowest BCUT2D eigenvalue weighted by Crippen LogP contribution is -2.37. The number of aromatic nitrogens is 2. The van der Waals surface area contributed by atoms with Crippen LogP contribution in [0.5, 0.6) is 0 Å². The fourth-order valence-electron chi connectivity index (χ4n) is 3.49. The number of nitrogen functional groups attached to an aromatic ring is 1. The van der Waals surface area contributed by atoms with Gasteiger partial charge >= 0.3 is 5.97 Å². The number of carbonyl (C=O) groups excluding carboxylic acids is 1. The zero-order valence-corrected chi connectivity index (χ0v) is 14.9. The molecule has 1 aromatic carbocycles. The van der Waals surface area contributed by atoms with Crippen LogP contribution in [0, 0.1) is 0 Å². The average Bonchev–Trinajstić information content (AvgIpc) is 3.04. The van der Waals surface area contributed by atoms with Crippen LogP contribution >= 0.6 is 0 Å². The fourth-order valence-corrected chi connectivity index (χ4v) is 3.49. The molecule has 1 saturated heterocycles. The van der Waals surface area contributed by atoms with Crippen LogP contribution in [0.25, 0.3) is 0 Å². The van der Waals surface area contributed by atoms with E-state index in [-0.39, 0.29) is 6.04 Å². The molecule has 0 amide bonds. The van der Waals surface area contributed by atoms with Gasteiger partial charge in [-0.25, -0.2) is 9.48 Å². The highest BCUT2D eigenvalue weighted by atomic mass is 16.5. The Bertz CT molecular complexity index is 705. The minimum atomic E-state index is -0.401. The van der Waals surface area contributed by atoms with Crippen molar-refractivity contribution in [2.24, 2.45) is 0 Å². The SMILES string of the molecule is CCOC(=O)c1cnn(C2CCN(C(C)c3ccccc3)CC2)c1N. The fraction of sp³-hybridized carbons (Fsp3) is 0.474. The van der Waals surface area contributed by atoms with E-state index in [0.717, 1.165) is 25.9 Å². The molecular weight excluding hydrogens is 316 g/mol. The molecule has 2 heterocycles. The molecule has 1 fully saturated rings. The topological polar surface area (TPSA) is 73.4 Å². The molecule has 1 atom stereocenters. The van der Waals surface area contributed by atoms with Gasteiger partial charge in [0.05, 0.1) is 18.8 Å². The Kier molecular flexibility index (Phi) is 5.38. The minimum absolute atomic E-state index is 0.224. The summed E-state index contributed by atoms with van der Waals surface area (Å²) in [5.41, 5.74) is 7.84. The van der Waals surface area contributed by atoms with Gasteiger partial charge in [0.1, 0.15) is 11.4 Å². The predicted molar refractivity (Wildman–Crippen MR) is 97.3 cm³/mol. The molecule has 0 aliphatic carbocycles. The molecule has 134 valence electrons. The van der Waals surface area contributed by atoms with Gasteiger partial charge in [-0.2, -0.15) is 5.10 Å². The number of anilines is 1. The summed E-state index contributed by atoms with van der Waals surface area (Å²) in [6.45, 7) is 6.32. The Labute approximate surface area is 148 Å². The summed E-state index contributed by atoms with van der Waals surface area (Å²) in [6.07, 6.45) is 3.45. The molecule has 1 aromatic heterocycles. The summed E-state index contributed by atoms with van der Waals surface area (Å²) >= 11 is 0. The number of hydrogen-bond donors (Lipinski definition) is 1.